The SMILES string of the molecule is CCOC(=O)c1c(N)sc(-c2ccccc2)c1CC1C=CC=CC1. The summed E-state index contributed by atoms with van der Waals surface area (Å²) >= 11 is 1.47. The van der Waals surface area contributed by atoms with E-state index in [4.69, 9.17) is 10.5 Å². The molecule has 0 amide bonds. The molecule has 1 atom stereocenters. The molecule has 0 fully saturated rings. The Morgan fingerprint density at radius 3 is 2.75 bits per heavy atom. The van der Waals surface area contributed by atoms with Gasteiger partial charge in [0, 0.05) is 4.88 Å². The van der Waals surface area contributed by atoms with Gasteiger partial charge in [0.1, 0.15) is 5.00 Å². The third kappa shape index (κ3) is 3.44. The number of esters is 1. The van der Waals surface area contributed by atoms with Gasteiger partial charge in [0.2, 0.25) is 0 Å². The average Bonchev–Trinajstić information content (AvgIpc) is 2.93. The van der Waals surface area contributed by atoms with Crippen LogP contribution in [0.3, 0.4) is 0 Å². The van der Waals surface area contributed by atoms with E-state index < -0.39 is 0 Å². The number of carbonyl (C=O) groups excluding carboxylic acids is 1. The lowest BCUT2D eigenvalue weighted by molar-refractivity contribution is 0.0527. The number of anilines is 1. The fourth-order valence-electron chi connectivity index (χ4n) is 2.97. The fraction of sp³-hybridized carbons (Fsp3) is 0.250. The zero-order chi connectivity index (χ0) is 16.9. The zero-order valence-corrected chi connectivity index (χ0v) is 14.5. The van der Waals surface area contributed by atoms with Crippen molar-refractivity contribution < 1.29 is 9.53 Å². The molecule has 124 valence electrons. The zero-order valence-electron chi connectivity index (χ0n) is 13.7. The van der Waals surface area contributed by atoms with Gasteiger partial charge in [0.05, 0.1) is 12.2 Å². The van der Waals surface area contributed by atoms with Gasteiger partial charge in [-0.15, -0.1) is 11.3 Å². The Hall–Kier alpha value is -2.33. The quantitative estimate of drug-likeness (QED) is 0.792. The molecule has 1 aromatic heterocycles. The number of nitrogens with two attached hydrogens (primary N) is 1. The average molecular weight is 339 g/mol. The van der Waals surface area contributed by atoms with E-state index in [2.05, 4.69) is 36.4 Å². The Balaban J connectivity index is 2.05. The van der Waals surface area contributed by atoms with Crippen LogP contribution >= 0.6 is 11.3 Å². The summed E-state index contributed by atoms with van der Waals surface area (Å²) in [5.74, 6) is 0.0541. The van der Waals surface area contributed by atoms with Crippen LogP contribution in [-0.2, 0) is 11.2 Å². The Bertz CT molecular complexity index is 774. The molecule has 24 heavy (non-hydrogen) atoms. The number of rotatable bonds is 5. The molecule has 1 aromatic carbocycles. The van der Waals surface area contributed by atoms with Crippen LogP contribution in [0.2, 0.25) is 0 Å². The predicted octanol–water partition coefficient (Wildman–Crippen LogP) is 4.85. The molecule has 2 aromatic rings. The van der Waals surface area contributed by atoms with Crippen LogP contribution in [-0.4, -0.2) is 12.6 Å². The van der Waals surface area contributed by atoms with E-state index in [0.29, 0.717) is 23.1 Å². The highest BCUT2D eigenvalue weighted by Crippen LogP contribution is 2.41. The van der Waals surface area contributed by atoms with E-state index in [9.17, 15) is 4.79 Å². The lowest BCUT2D eigenvalue weighted by Gasteiger charge is -2.15. The van der Waals surface area contributed by atoms with Crippen molar-refractivity contribution >= 4 is 22.3 Å². The third-order valence-corrected chi connectivity index (χ3v) is 5.20. The number of ether oxygens (including phenoxy) is 1. The highest BCUT2D eigenvalue weighted by atomic mass is 32.1. The summed E-state index contributed by atoms with van der Waals surface area (Å²) in [5.41, 5.74) is 8.85. The monoisotopic (exact) mass is 339 g/mol. The van der Waals surface area contributed by atoms with Crippen molar-refractivity contribution in [2.75, 3.05) is 12.3 Å². The molecule has 3 rings (SSSR count). The summed E-state index contributed by atoms with van der Waals surface area (Å²) in [4.78, 5) is 13.5. The van der Waals surface area contributed by atoms with Crippen molar-refractivity contribution in [2.24, 2.45) is 5.92 Å². The topological polar surface area (TPSA) is 52.3 Å². The molecule has 3 nitrogen and oxygen atoms in total. The number of allylic oxidation sites excluding steroid dienone is 4. The van der Waals surface area contributed by atoms with Crippen molar-refractivity contribution in [1.82, 2.24) is 0 Å². The van der Waals surface area contributed by atoms with Gasteiger partial charge in [-0.25, -0.2) is 4.79 Å². The smallest absolute Gasteiger partial charge is 0.341 e. The first-order chi connectivity index (χ1) is 11.7. The lowest BCUT2D eigenvalue weighted by atomic mass is 9.90. The van der Waals surface area contributed by atoms with Gasteiger partial charge in [-0.2, -0.15) is 0 Å². The standard InChI is InChI=1S/C20H21NO2S/c1-2-23-20(22)17-16(13-14-9-5-3-6-10-14)18(24-19(17)21)15-11-7-4-8-12-15/h3-9,11-12,14H,2,10,13,21H2,1H3. The maximum atomic E-state index is 12.4. The van der Waals surface area contributed by atoms with Crippen molar-refractivity contribution in [1.29, 1.82) is 0 Å². The summed E-state index contributed by atoms with van der Waals surface area (Å²) in [5, 5.41) is 0.539. The number of hydrogen-bond donors (Lipinski definition) is 1. The van der Waals surface area contributed by atoms with Crippen LogP contribution in [0.5, 0.6) is 0 Å². The molecule has 1 aliphatic carbocycles. The molecule has 0 aliphatic heterocycles. The number of benzene rings is 1. The molecule has 0 saturated heterocycles. The highest BCUT2D eigenvalue weighted by molar-refractivity contribution is 7.19. The van der Waals surface area contributed by atoms with Gasteiger partial charge in [0.25, 0.3) is 0 Å². The molecule has 0 bridgehead atoms. The van der Waals surface area contributed by atoms with E-state index in [1.807, 2.05) is 25.1 Å². The van der Waals surface area contributed by atoms with Gasteiger partial charge < -0.3 is 10.5 Å². The van der Waals surface area contributed by atoms with Crippen LogP contribution in [0.4, 0.5) is 5.00 Å². The van der Waals surface area contributed by atoms with Crippen molar-refractivity contribution in [3.63, 3.8) is 0 Å². The minimum absolute atomic E-state index is 0.321. The first-order valence-corrected chi connectivity index (χ1v) is 8.99. The minimum atomic E-state index is -0.321. The summed E-state index contributed by atoms with van der Waals surface area (Å²) in [7, 11) is 0. The summed E-state index contributed by atoms with van der Waals surface area (Å²) < 4.78 is 5.24. The largest absolute Gasteiger partial charge is 0.462 e. The number of thiophene rings is 1. The number of nitrogen functional groups attached to an aromatic ring is 1. The second-order valence-electron chi connectivity index (χ2n) is 5.75. The number of hydrogen-bond acceptors (Lipinski definition) is 4. The Morgan fingerprint density at radius 1 is 1.29 bits per heavy atom. The predicted molar refractivity (Wildman–Crippen MR) is 100 cm³/mol. The maximum absolute atomic E-state index is 12.4. The second-order valence-corrected chi connectivity index (χ2v) is 6.80. The van der Waals surface area contributed by atoms with Crippen LogP contribution < -0.4 is 5.73 Å². The lowest BCUT2D eigenvalue weighted by Crippen LogP contribution is -2.11. The molecule has 0 radical (unpaired) electrons. The molecular weight excluding hydrogens is 318 g/mol. The molecule has 0 spiro atoms. The van der Waals surface area contributed by atoms with Crippen molar-refractivity contribution in [3.8, 4) is 10.4 Å². The first kappa shape index (κ1) is 16.5. The van der Waals surface area contributed by atoms with E-state index in [0.717, 1.165) is 28.8 Å². The molecule has 1 unspecified atom stereocenters. The van der Waals surface area contributed by atoms with E-state index in [1.165, 1.54) is 11.3 Å². The number of carbonyl (C=O) groups is 1. The Morgan fingerprint density at radius 2 is 2.08 bits per heavy atom. The Kier molecular flexibility index (Phi) is 5.16. The van der Waals surface area contributed by atoms with Gasteiger partial charge in [0.15, 0.2) is 0 Å². The van der Waals surface area contributed by atoms with Crippen LogP contribution in [0.1, 0.15) is 29.3 Å². The van der Waals surface area contributed by atoms with Crippen molar-refractivity contribution in [3.05, 3.63) is 65.8 Å². The minimum Gasteiger partial charge on any atom is -0.462 e. The molecule has 4 heteroatoms. The molecule has 1 heterocycles. The summed E-state index contributed by atoms with van der Waals surface area (Å²) in [6.45, 7) is 2.16. The van der Waals surface area contributed by atoms with Gasteiger partial charge in [-0.1, -0.05) is 54.6 Å². The Labute approximate surface area is 146 Å². The van der Waals surface area contributed by atoms with Crippen LogP contribution in [0.15, 0.2) is 54.6 Å². The highest BCUT2D eigenvalue weighted by Gasteiger charge is 2.25. The first-order valence-electron chi connectivity index (χ1n) is 8.17. The normalized spacial score (nSPS) is 16.3. The van der Waals surface area contributed by atoms with E-state index in [1.54, 1.807) is 0 Å². The van der Waals surface area contributed by atoms with Crippen molar-refractivity contribution in [2.45, 2.75) is 19.8 Å². The fourth-order valence-corrected chi connectivity index (χ4v) is 4.07. The second kappa shape index (κ2) is 7.49. The van der Waals surface area contributed by atoms with Crippen LogP contribution in [0, 0.1) is 5.92 Å². The van der Waals surface area contributed by atoms with E-state index >= 15 is 0 Å². The van der Waals surface area contributed by atoms with E-state index in [-0.39, 0.29) is 5.97 Å². The third-order valence-electron chi connectivity index (χ3n) is 4.09. The maximum Gasteiger partial charge on any atom is 0.341 e. The van der Waals surface area contributed by atoms with Gasteiger partial charge >= 0.3 is 5.97 Å². The van der Waals surface area contributed by atoms with Gasteiger partial charge in [-0.05, 0) is 36.8 Å². The molecular formula is C20H21NO2S. The van der Waals surface area contributed by atoms with Crippen LogP contribution in [0.25, 0.3) is 10.4 Å². The summed E-state index contributed by atoms with van der Waals surface area (Å²) in [6, 6.07) is 10.1. The summed E-state index contributed by atoms with van der Waals surface area (Å²) in [6.07, 6.45) is 10.2. The molecule has 1 aliphatic rings. The molecule has 2 N–H and O–H groups in total. The molecule has 0 saturated carbocycles. The van der Waals surface area contributed by atoms with Gasteiger partial charge in [-0.3, -0.25) is 0 Å².